The molecule has 2 atom stereocenters. The number of carbonyl (C=O) groups is 2. The molecular weight excluding hydrogens is 418 g/mol. The number of likely N-dealkylation sites (tertiary alicyclic amines) is 1. The number of halogens is 2. The number of aromatic amines is 1. The second-order valence-corrected chi connectivity index (χ2v) is 8.13. The van der Waals surface area contributed by atoms with Crippen LogP contribution < -0.4 is 11.1 Å². The molecule has 1 aromatic carbocycles. The van der Waals surface area contributed by atoms with Crippen LogP contribution in [0.25, 0.3) is 10.9 Å². The van der Waals surface area contributed by atoms with E-state index >= 15 is 0 Å². The van der Waals surface area contributed by atoms with Gasteiger partial charge in [-0.2, -0.15) is 5.10 Å². The van der Waals surface area contributed by atoms with Crippen LogP contribution in [0.4, 0.5) is 20.3 Å². The van der Waals surface area contributed by atoms with E-state index in [9.17, 15) is 18.4 Å². The van der Waals surface area contributed by atoms with Crippen molar-refractivity contribution in [3.05, 3.63) is 47.8 Å². The number of nitrogens with one attached hydrogen (secondary N) is 2. The number of fused-ring (bicyclic) bond motifs is 1. The lowest BCUT2D eigenvalue weighted by Gasteiger charge is -2.42. The van der Waals surface area contributed by atoms with E-state index in [2.05, 4.69) is 20.5 Å². The first kappa shape index (κ1) is 21.7. The quantitative estimate of drug-likeness (QED) is 0.538. The van der Waals surface area contributed by atoms with Gasteiger partial charge in [0.25, 0.3) is 5.92 Å². The van der Waals surface area contributed by atoms with Crippen molar-refractivity contribution in [3.8, 4) is 0 Å². The van der Waals surface area contributed by atoms with Gasteiger partial charge in [-0.05, 0) is 35.7 Å². The van der Waals surface area contributed by atoms with Gasteiger partial charge in [-0.1, -0.05) is 19.9 Å². The molecule has 0 radical (unpaired) electrons. The predicted octanol–water partition coefficient (Wildman–Crippen LogP) is 3.29. The van der Waals surface area contributed by atoms with Crippen molar-refractivity contribution in [3.63, 3.8) is 0 Å². The van der Waals surface area contributed by atoms with E-state index in [1.165, 1.54) is 18.0 Å². The number of rotatable bonds is 3. The van der Waals surface area contributed by atoms with E-state index in [-0.39, 0.29) is 6.54 Å². The van der Waals surface area contributed by atoms with Crippen LogP contribution in [0.5, 0.6) is 0 Å². The van der Waals surface area contributed by atoms with Gasteiger partial charge >= 0.3 is 11.8 Å². The fourth-order valence-corrected chi connectivity index (χ4v) is 4.00. The van der Waals surface area contributed by atoms with Gasteiger partial charge in [0.05, 0.1) is 29.6 Å². The van der Waals surface area contributed by atoms with Crippen molar-refractivity contribution in [2.75, 3.05) is 17.6 Å². The SMILES string of the molecule is CCc1cc(NC(=O)C(=O)N2CC(C)C(F)(F)CC2c2ccc3[nH]ncc3c2)cnc1N. The summed E-state index contributed by atoms with van der Waals surface area (Å²) in [4.78, 5) is 31.1. The molecule has 0 spiro atoms. The average molecular weight is 442 g/mol. The number of aromatic nitrogens is 3. The molecule has 4 N–H and O–H groups in total. The summed E-state index contributed by atoms with van der Waals surface area (Å²) < 4.78 is 29.2. The Hall–Kier alpha value is -3.56. The fourth-order valence-electron chi connectivity index (χ4n) is 4.00. The number of pyridine rings is 1. The monoisotopic (exact) mass is 442 g/mol. The second-order valence-electron chi connectivity index (χ2n) is 8.13. The van der Waals surface area contributed by atoms with E-state index in [0.29, 0.717) is 23.5 Å². The Labute approximate surface area is 183 Å². The van der Waals surface area contributed by atoms with Gasteiger partial charge in [0.1, 0.15) is 5.82 Å². The van der Waals surface area contributed by atoms with Crippen LogP contribution in [0.15, 0.2) is 36.7 Å². The van der Waals surface area contributed by atoms with Crippen LogP contribution in [0.1, 0.15) is 37.4 Å². The third-order valence-corrected chi connectivity index (χ3v) is 5.98. The normalized spacial score (nSPS) is 20.3. The van der Waals surface area contributed by atoms with Crippen LogP contribution in [0.3, 0.4) is 0 Å². The molecule has 4 rings (SSSR count). The van der Waals surface area contributed by atoms with Crippen LogP contribution in [-0.4, -0.2) is 44.4 Å². The molecule has 3 aromatic rings. The Balaban J connectivity index is 1.62. The lowest BCUT2D eigenvalue weighted by Crippen LogP contribution is -2.52. The molecule has 1 aliphatic rings. The zero-order chi connectivity index (χ0) is 23.0. The van der Waals surface area contributed by atoms with Gasteiger partial charge in [0.15, 0.2) is 0 Å². The molecular formula is C22H24F2N6O2. The number of nitrogen functional groups attached to an aromatic ring is 1. The molecule has 10 heteroatoms. The van der Waals surface area contributed by atoms with E-state index in [1.54, 1.807) is 30.5 Å². The van der Waals surface area contributed by atoms with E-state index in [0.717, 1.165) is 16.5 Å². The van der Waals surface area contributed by atoms with E-state index < -0.39 is 36.1 Å². The van der Waals surface area contributed by atoms with Crippen molar-refractivity contribution >= 4 is 34.2 Å². The Morgan fingerprint density at radius 1 is 1.31 bits per heavy atom. The lowest BCUT2D eigenvalue weighted by atomic mass is 9.86. The molecule has 2 aromatic heterocycles. The van der Waals surface area contributed by atoms with E-state index in [4.69, 9.17) is 5.73 Å². The summed E-state index contributed by atoms with van der Waals surface area (Å²) in [5, 5.41) is 10.0. The minimum Gasteiger partial charge on any atom is -0.383 e. The Morgan fingerprint density at radius 3 is 2.84 bits per heavy atom. The maximum Gasteiger partial charge on any atom is 0.313 e. The Bertz CT molecular complexity index is 1180. The maximum atomic E-state index is 14.6. The summed E-state index contributed by atoms with van der Waals surface area (Å²) >= 11 is 0. The van der Waals surface area contributed by atoms with Crippen LogP contribution in [0, 0.1) is 5.92 Å². The zero-order valence-corrected chi connectivity index (χ0v) is 17.7. The summed E-state index contributed by atoms with van der Waals surface area (Å²) in [7, 11) is 0. The lowest BCUT2D eigenvalue weighted by molar-refractivity contribution is -0.159. The molecule has 0 saturated carbocycles. The number of amides is 2. The van der Waals surface area contributed by atoms with Crippen molar-refractivity contribution in [2.24, 2.45) is 5.92 Å². The topological polar surface area (TPSA) is 117 Å². The minimum atomic E-state index is -2.97. The zero-order valence-electron chi connectivity index (χ0n) is 17.7. The van der Waals surface area contributed by atoms with Gasteiger partial charge in [-0.3, -0.25) is 14.7 Å². The molecule has 1 fully saturated rings. The van der Waals surface area contributed by atoms with Crippen molar-refractivity contribution < 1.29 is 18.4 Å². The summed E-state index contributed by atoms with van der Waals surface area (Å²) in [6.45, 7) is 3.03. The van der Waals surface area contributed by atoms with Crippen molar-refractivity contribution in [2.45, 2.75) is 38.7 Å². The van der Waals surface area contributed by atoms with Crippen LogP contribution in [-0.2, 0) is 16.0 Å². The molecule has 2 amide bonds. The Morgan fingerprint density at radius 2 is 2.09 bits per heavy atom. The van der Waals surface area contributed by atoms with Gasteiger partial charge in [0.2, 0.25) is 0 Å². The first-order valence-electron chi connectivity index (χ1n) is 10.4. The fraction of sp³-hybridized carbons (Fsp3) is 0.364. The third kappa shape index (κ3) is 4.00. The first-order chi connectivity index (χ1) is 15.2. The smallest absolute Gasteiger partial charge is 0.313 e. The first-order valence-corrected chi connectivity index (χ1v) is 10.4. The highest BCUT2D eigenvalue weighted by Crippen LogP contribution is 2.43. The van der Waals surface area contributed by atoms with Gasteiger partial charge in [0, 0.05) is 24.3 Å². The number of nitrogens with zero attached hydrogens (tertiary/aromatic N) is 3. The number of piperidine rings is 1. The van der Waals surface area contributed by atoms with Gasteiger partial charge in [-0.25, -0.2) is 13.8 Å². The molecule has 32 heavy (non-hydrogen) atoms. The molecule has 2 unspecified atom stereocenters. The Kier molecular flexibility index (Phi) is 5.53. The van der Waals surface area contributed by atoms with Crippen molar-refractivity contribution in [1.82, 2.24) is 20.1 Å². The number of anilines is 2. The highest BCUT2D eigenvalue weighted by atomic mass is 19.3. The highest BCUT2D eigenvalue weighted by Gasteiger charge is 2.48. The summed E-state index contributed by atoms with van der Waals surface area (Å²) in [5.74, 6) is -5.50. The standard InChI is InChI=1S/C22H24F2N6O2/c1-3-13-7-16(10-26-19(13)25)28-20(31)21(32)30-11-12(2)22(23,24)8-18(30)14-4-5-17-15(6-14)9-27-29-17/h4-7,9-10,12,18H,3,8,11H2,1-2H3,(H2,25,26)(H,27,29)(H,28,31). The number of alkyl halides is 2. The highest BCUT2D eigenvalue weighted by molar-refractivity contribution is 6.39. The number of nitrogens with two attached hydrogens (primary N) is 1. The van der Waals surface area contributed by atoms with Crippen LogP contribution >= 0.6 is 0 Å². The number of hydrogen-bond acceptors (Lipinski definition) is 5. The third-order valence-electron chi connectivity index (χ3n) is 5.98. The predicted molar refractivity (Wildman–Crippen MR) is 116 cm³/mol. The molecule has 8 nitrogen and oxygen atoms in total. The molecule has 0 aliphatic carbocycles. The molecule has 1 aliphatic heterocycles. The molecule has 168 valence electrons. The maximum absolute atomic E-state index is 14.6. The molecule has 3 heterocycles. The summed E-state index contributed by atoms with van der Waals surface area (Å²) in [6.07, 6.45) is 2.98. The van der Waals surface area contributed by atoms with Gasteiger partial charge < -0.3 is 16.0 Å². The van der Waals surface area contributed by atoms with Crippen molar-refractivity contribution in [1.29, 1.82) is 0 Å². The molecule has 0 bridgehead atoms. The molecule has 1 saturated heterocycles. The van der Waals surface area contributed by atoms with E-state index in [1.807, 2.05) is 6.92 Å². The number of carbonyl (C=O) groups excluding carboxylic acids is 2. The summed E-state index contributed by atoms with van der Waals surface area (Å²) in [5.41, 5.74) is 8.11. The minimum absolute atomic E-state index is 0.243. The van der Waals surface area contributed by atoms with Gasteiger partial charge in [-0.15, -0.1) is 0 Å². The number of benzene rings is 1. The van der Waals surface area contributed by atoms with Crippen LogP contribution in [0.2, 0.25) is 0 Å². The number of H-pyrrole nitrogens is 1. The average Bonchev–Trinajstić information content (AvgIpc) is 3.24. The summed E-state index contributed by atoms with van der Waals surface area (Å²) in [6, 6.07) is 5.81. The number of hydrogen-bond donors (Lipinski definition) is 3. The largest absolute Gasteiger partial charge is 0.383 e. The second kappa shape index (κ2) is 8.18. The number of aryl methyl sites for hydroxylation is 1.